The summed E-state index contributed by atoms with van der Waals surface area (Å²) in [6.07, 6.45) is 0. The van der Waals surface area contributed by atoms with Crippen molar-refractivity contribution in [2.75, 3.05) is 6.54 Å². The number of carbonyl (C=O) groups is 2. The maximum atomic E-state index is 12.9. The zero-order valence-electron chi connectivity index (χ0n) is 16.4. The predicted molar refractivity (Wildman–Crippen MR) is 112 cm³/mol. The van der Waals surface area contributed by atoms with Crippen LogP contribution in [-0.2, 0) is 9.59 Å². The molecule has 0 radical (unpaired) electrons. The van der Waals surface area contributed by atoms with E-state index in [9.17, 15) is 9.59 Å². The topological polar surface area (TPSA) is 83.7 Å². The summed E-state index contributed by atoms with van der Waals surface area (Å²) >= 11 is 0. The number of benzene rings is 2. The Morgan fingerprint density at radius 2 is 1.52 bits per heavy atom. The smallest absolute Gasteiger partial charge is 0.259 e. The Kier molecular flexibility index (Phi) is 6.58. The maximum Gasteiger partial charge on any atom is 0.259 e. The van der Waals surface area contributed by atoms with E-state index in [-0.39, 0.29) is 12.5 Å². The first kappa shape index (κ1) is 20.1. The summed E-state index contributed by atoms with van der Waals surface area (Å²) in [6.45, 7) is 3.39. The molecule has 0 saturated heterocycles. The summed E-state index contributed by atoms with van der Waals surface area (Å²) in [6, 6.07) is 22.6. The van der Waals surface area contributed by atoms with E-state index < -0.39 is 11.8 Å². The van der Waals surface area contributed by atoms with Crippen LogP contribution in [0.15, 0.2) is 82.3 Å². The second-order valence-electron chi connectivity index (χ2n) is 6.61. The van der Waals surface area contributed by atoms with E-state index in [2.05, 4.69) is 15.8 Å². The number of hydrogen-bond donors (Lipinski definition) is 2. The number of nitrogens with one attached hydrogen (secondary N) is 2. The summed E-state index contributed by atoms with van der Waals surface area (Å²) in [4.78, 5) is 25.0. The lowest BCUT2D eigenvalue weighted by Crippen LogP contribution is -2.38. The third-order valence-corrected chi connectivity index (χ3v) is 4.40. The fraction of sp³-hybridized carbons (Fsp3) is 0.174. The maximum absolute atomic E-state index is 12.9. The third kappa shape index (κ3) is 5.42. The molecule has 1 aromatic heterocycles. The number of carbonyl (C=O) groups excluding carboxylic acids is 2. The first-order valence-corrected chi connectivity index (χ1v) is 9.32. The van der Waals surface area contributed by atoms with Crippen LogP contribution in [0.3, 0.4) is 0 Å². The molecule has 2 aromatic carbocycles. The number of amides is 2. The zero-order valence-corrected chi connectivity index (χ0v) is 16.4. The van der Waals surface area contributed by atoms with Crippen LogP contribution in [0.4, 0.5) is 0 Å². The van der Waals surface area contributed by atoms with E-state index in [1.807, 2.05) is 73.7 Å². The largest absolute Gasteiger partial charge is 0.460 e. The van der Waals surface area contributed by atoms with Gasteiger partial charge >= 0.3 is 0 Å². The molecule has 0 fully saturated rings. The normalized spacial score (nSPS) is 11.3. The molecule has 6 heteroatoms. The van der Waals surface area contributed by atoms with Crippen LogP contribution in [0.2, 0.25) is 0 Å². The van der Waals surface area contributed by atoms with Gasteiger partial charge in [0.15, 0.2) is 0 Å². The summed E-state index contributed by atoms with van der Waals surface area (Å²) in [5, 5.41) is 6.72. The molecule has 1 heterocycles. The van der Waals surface area contributed by atoms with Crippen molar-refractivity contribution in [1.29, 1.82) is 0 Å². The molecule has 3 rings (SSSR count). The van der Waals surface area contributed by atoms with Gasteiger partial charge in [-0.05, 0) is 37.1 Å². The Hall–Kier alpha value is -3.67. The molecule has 2 amide bonds. The molecular weight excluding hydrogens is 366 g/mol. The molecular formula is C23H23N3O3. The Balaban J connectivity index is 1.63. The van der Waals surface area contributed by atoms with Crippen LogP contribution in [0, 0.1) is 6.92 Å². The molecule has 0 aliphatic heterocycles. The van der Waals surface area contributed by atoms with Crippen LogP contribution in [-0.4, -0.2) is 24.1 Å². The minimum Gasteiger partial charge on any atom is -0.460 e. The summed E-state index contributed by atoms with van der Waals surface area (Å²) in [5.74, 6) is 0.184. The van der Waals surface area contributed by atoms with Crippen LogP contribution in [0.1, 0.15) is 35.5 Å². The van der Waals surface area contributed by atoms with Gasteiger partial charge in [-0.3, -0.25) is 9.59 Å². The molecule has 0 atom stereocenters. The van der Waals surface area contributed by atoms with Crippen LogP contribution >= 0.6 is 0 Å². The lowest BCUT2D eigenvalue weighted by molar-refractivity contribution is -0.126. The fourth-order valence-corrected chi connectivity index (χ4v) is 2.93. The average Bonchev–Trinajstić information content (AvgIpc) is 3.18. The molecule has 6 nitrogen and oxygen atoms in total. The zero-order chi connectivity index (χ0) is 20.6. The highest BCUT2D eigenvalue weighted by atomic mass is 16.3. The minimum absolute atomic E-state index is 0.178. The number of hydrogen-bond acceptors (Lipinski definition) is 4. The first-order chi connectivity index (χ1) is 14.0. The molecule has 148 valence electrons. The number of nitrogens with zero attached hydrogens (tertiary/aromatic N) is 1. The van der Waals surface area contributed by atoms with E-state index in [4.69, 9.17) is 4.42 Å². The van der Waals surface area contributed by atoms with Crippen molar-refractivity contribution in [1.82, 2.24) is 10.7 Å². The molecule has 0 aliphatic carbocycles. The quantitative estimate of drug-likeness (QED) is 0.480. The average molecular weight is 389 g/mol. The Morgan fingerprint density at radius 3 is 2.03 bits per heavy atom. The van der Waals surface area contributed by atoms with Gasteiger partial charge in [0.05, 0.1) is 12.5 Å². The van der Waals surface area contributed by atoms with Crippen molar-refractivity contribution in [3.05, 3.63) is 95.4 Å². The van der Waals surface area contributed by atoms with Gasteiger partial charge in [-0.25, -0.2) is 5.43 Å². The van der Waals surface area contributed by atoms with Gasteiger partial charge in [0.25, 0.3) is 5.91 Å². The van der Waals surface area contributed by atoms with E-state index in [1.165, 1.54) is 0 Å². The van der Waals surface area contributed by atoms with Crippen molar-refractivity contribution in [2.45, 2.75) is 19.8 Å². The number of furan rings is 1. The van der Waals surface area contributed by atoms with Crippen molar-refractivity contribution in [3.63, 3.8) is 0 Å². The molecule has 0 bridgehead atoms. The van der Waals surface area contributed by atoms with E-state index >= 15 is 0 Å². The van der Waals surface area contributed by atoms with Gasteiger partial charge in [-0.1, -0.05) is 60.7 Å². The Labute approximate surface area is 169 Å². The van der Waals surface area contributed by atoms with Gasteiger partial charge in [-0.15, -0.1) is 0 Å². The predicted octanol–water partition coefficient (Wildman–Crippen LogP) is 3.38. The Bertz CT molecular complexity index is 955. The van der Waals surface area contributed by atoms with Crippen molar-refractivity contribution in [3.8, 4) is 0 Å². The molecule has 0 saturated carbocycles. The van der Waals surface area contributed by atoms with E-state index in [1.54, 1.807) is 13.0 Å². The number of hydrazone groups is 1. The molecule has 29 heavy (non-hydrogen) atoms. The third-order valence-electron chi connectivity index (χ3n) is 4.40. The van der Waals surface area contributed by atoms with Crippen LogP contribution in [0.25, 0.3) is 0 Å². The second kappa shape index (κ2) is 9.50. The van der Waals surface area contributed by atoms with Gasteiger partial charge in [0, 0.05) is 0 Å². The lowest BCUT2D eigenvalue weighted by atomic mass is 9.90. The Morgan fingerprint density at radius 1 is 0.931 bits per heavy atom. The van der Waals surface area contributed by atoms with Crippen molar-refractivity contribution >= 4 is 17.5 Å². The lowest BCUT2D eigenvalue weighted by Gasteiger charge is -2.17. The van der Waals surface area contributed by atoms with Crippen LogP contribution < -0.4 is 10.7 Å². The van der Waals surface area contributed by atoms with E-state index in [0.717, 1.165) is 16.9 Å². The molecule has 2 N–H and O–H groups in total. The fourth-order valence-electron chi connectivity index (χ4n) is 2.93. The van der Waals surface area contributed by atoms with Gasteiger partial charge in [0.2, 0.25) is 5.91 Å². The van der Waals surface area contributed by atoms with Gasteiger partial charge in [-0.2, -0.15) is 5.10 Å². The van der Waals surface area contributed by atoms with Crippen LogP contribution in [0.5, 0.6) is 0 Å². The summed E-state index contributed by atoms with van der Waals surface area (Å²) < 4.78 is 5.45. The monoisotopic (exact) mass is 389 g/mol. The molecule has 0 unspecified atom stereocenters. The summed E-state index contributed by atoms with van der Waals surface area (Å²) in [5.41, 5.74) is 4.70. The SMILES string of the molecule is C/C(=N/NC(=O)CNC(=O)C(c1ccccc1)c1ccccc1)c1ccc(C)o1. The molecule has 0 spiro atoms. The number of aryl methyl sites for hydroxylation is 1. The summed E-state index contributed by atoms with van der Waals surface area (Å²) in [7, 11) is 0. The second-order valence-corrected chi connectivity index (χ2v) is 6.61. The highest BCUT2D eigenvalue weighted by Gasteiger charge is 2.22. The first-order valence-electron chi connectivity index (χ1n) is 9.32. The molecule has 3 aromatic rings. The van der Waals surface area contributed by atoms with E-state index in [0.29, 0.717) is 11.5 Å². The van der Waals surface area contributed by atoms with Gasteiger partial charge in [0.1, 0.15) is 17.2 Å². The van der Waals surface area contributed by atoms with Crippen molar-refractivity contribution < 1.29 is 14.0 Å². The molecule has 0 aliphatic rings. The highest BCUT2D eigenvalue weighted by Crippen LogP contribution is 2.24. The minimum atomic E-state index is -0.499. The number of rotatable bonds is 7. The standard InChI is InChI=1S/C23H23N3O3/c1-16-13-14-20(29-16)17(2)25-26-21(27)15-24-23(28)22(18-9-5-3-6-10-18)19-11-7-4-8-12-19/h3-14,22H,15H2,1-2H3,(H,24,28)(H,26,27)/b25-17-. The van der Waals surface area contributed by atoms with Crippen molar-refractivity contribution in [2.24, 2.45) is 5.10 Å². The van der Waals surface area contributed by atoms with Gasteiger partial charge < -0.3 is 9.73 Å². The highest BCUT2D eigenvalue weighted by molar-refractivity contribution is 5.97.